The Bertz CT molecular complexity index is 1670. The Hall–Kier alpha value is -4.43. The number of hydrogen-bond donors (Lipinski definition) is 1. The van der Waals surface area contributed by atoms with E-state index in [0.29, 0.717) is 5.69 Å². The molecule has 0 spiro atoms. The number of anilines is 1. The minimum absolute atomic E-state index is 0.0834. The molecule has 4 aromatic carbocycles. The SMILES string of the molecule is Cc1ccc(N(CC(=O)N(Cc2cccc(C)c2)[C@H](Cc2ccccc2)C(=O)NC(C)C)S(=O)(=O)c2ccc(C)cc2)cc1. The third-order valence-corrected chi connectivity index (χ3v) is 9.14. The number of benzene rings is 4. The summed E-state index contributed by atoms with van der Waals surface area (Å²) in [6.07, 6.45) is 0.270. The van der Waals surface area contributed by atoms with Crippen molar-refractivity contribution in [3.8, 4) is 0 Å². The van der Waals surface area contributed by atoms with Gasteiger partial charge in [-0.15, -0.1) is 0 Å². The van der Waals surface area contributed by atoms with E-state index >= 15 is 0 Å². The first-order valence-corrected chi connectivity index (χ1v) is 16.2. The third-order valence-electron chi connectivity index (χ3n) is 7.35. The minimum atomic E-state index is -4.13. The van der Waals surface area contributed by atoms with Gasteiger partial charge in [0.25, 0.3) is 10.0 Å². The topological polar surface area (TPSA) is 86.8 Å². The molecule has 0 unspecified atom stereocenters. The number of nitrogens with zero attached hydrogens (tertiary/aromatic N) is 2. The molecule has 0 saturated heterocycles. The van der Waals surface area contributed by atoms with Crippen molar-refractivity contribution in [3.63, 3.8) is 0 Å². The fourth-order valence-electron chi connectivity index (χ4n) is 5.02. The van der Waals surface area contributed by atoms with Gasteiger partial charge in [-0.05, 0) is 70.0 Å². The molecular weight excluding hydrogens is 570 g/mol. The third kappa shape index (κ3) is 8.35. The molecule has 2 amide bonds. The summed E-state index contributed by atoms with van der Waals surface area (Å²) in [5, 5.41) is 2.98. The molecule has 4 aromatic rings. The number of rotatable bonds is 12. The normalized spacial score (nSPS) is 12.0. The number of amides is 2. The van der Waals surface area contributed by atoms with Gasteiger partial charge in [-0.3, -0.25) is 13.9 Å². The van der Waals surface area contributed by atoms with Crippen LogP contribution in [0.4, 0.5) is 5.69 Å². The number of nitrogens with one attached hydrogen (secondary N) is 1. The number of aryl methyl sites for hydroxylation is 3. The van der Waals surface area contributed by atoms with Crippen molar-refractivity contribution >= 4 is 27.5 Å². The fraction of sp³-hybridized carbons (Fsp3) is 0.278. The Balaban J connectivity index is 1.80. The summed E-state index contributed by atoms with van der Waals surface area (Å²) < 4.78 is 29.4. The summed E-state index contributed by atoms with van der Waals surface area (Å²) in [6.45, 7) is 9.17. The van der Waals surface area contributed by atoms with Crippen LogP contribution < -0.4 is 9.62 Å². The van der Waals surface area contributed by atoms with Gasteiger partial charge >= 0.3 is 0 Å². The van der Waals surface area contributed by atoms with Crippen molar-refractivity contribution in [3.05, 3.63) is 131 Å². The number of carbonyl (C=O) groups is 2. The highest BCUT2D eigenvalue weighted by Gasteiger charge is 2.34. The molecule has 0 aliphatic heterocycles. The van der Waals surface area contributed by atoms with Crippen molar-refractivity contribution in [1.82, 2.24) is 10.2 Å². The average molecular weight is 612 g/mol. The van der Waals surface area contributed by atoms with E-state index in [4.69, 9.17) is 0 Å². The molecule has 0 aliphatic rings. The minimum Gasteiger partial charge on any atom is -0.352 e. The first kappa shape index (κ1) is 32.5. The zero-order valence-corrected chi connectivity index (χ0v) is 26.8. The van der Waals surface area contributed by atoms with E-state index in [2.05, 4.69) is 5.32 Å². The molecule has 0 radical (unpaired) electrons. The second-order valence-electron chi connectivity index (χ2n) is 11.5. The predicted molar refractivity (Wildman–Crippen MR) is 176 cm³/mol. The summed E-state index contributed by atoms with van der Waals surface area (Å²) in [5.41, 5.74) is 5.00. The lowest BCUT2D eigenvalue weighted by atomic mass is 10.0. The first-order valence-electron chi connectivity index (χ1n) is 14.8. The van der Waals surface area contributed by atoms with E-state index < -0.39 is 28.5 Å². The Kier molecular flexibility index (Phi) is 10.6. The lowest BCUT2D eigenvalue weighted by Crippen LogP contribution is -2.54. The Labute approximate surface area is 261 Å². The lowest BCUT2D eigenvalue weighted by Gasteiger charge is -2.34. The molecule has 0 aliphatic carbocycles. The highest BCUT2D eigenvalue weighted by molar-refractivity contribution is 7.92. The van der Waals surface area contributed by atoms with Crippen LogP contribution in [0.3, 0.4) is 0 Å². The summed E-state index contributed by atoms with van der Waals surface area (Å²) >= 11 is 0. The Morgan fingerprint density at radius 3 is 1.91 bits per heavy atom. The molecule has 0 saturated carbocycles. The number of carbonyl (C=O) groups excluding carboxylic acids is 2. The van der Waals surface area contributed by atoms with Crippen LogP contribution >= 0.6 is 0 Å². The van der Waals surface area contributed by atoms with E-state index in [1.165, 1.54) is 4.90 Å². The van der Waals surface area contributed by atoms with Gasteiger partial charge < -0.3 is 10.2 Å². The average Bonchev–Trinajstić information content (AvgIpc) is 2.98. The maximum absolute atomic E-state index is 14.5. The largest absolute Gasteiger partial charge is 0.352 e. The zero-order valence-electron chi connectivity index (χ0n) is 26.0. The second kappa shape index (κ2) is 14.4. The highest BCUT2D eigenvalue weighted by atomic mass is 32.2. The predicted octanol–water partition coefficient (Wildman–Crippen LogP) is 5.97. The van der Waals surface area contributed by atoms with Crippen LogP contribution in [0.15, 0.2) is 108 Å². The van der Waals surface area contributed by atoms with Crippen LogP contribution in [0.5, 0.6) is 0 Å². The molecule has 44 heavy (non-hydrogen) atoms. The van der Waals surface area contributed by atoms with Crippen molar-refractivity contribution < 1.29 is 18.0 Å². The molecule has 0 fully saturated rings. The van der Waals surface area contributed by atoms with Crippen LogP contribution in [0.1, 0.15) is 41.7 Å². The Morgan fingerprint density at radius 1 is 0.727 bits per heavy atom. The molecular formula is C36H41N3O4S. The van der Waals surface area contributed by atoms with Crippen LogP contribution in [-0.2, 0) is 32.6 Å². The summed E-state index contributed by atoms with van der Waals surface area (Å²) in [7, 11) is -4.13. The Morgan fingerprint density at radius 2 is 1.32 bits per heavy atom. The molecule has 0 heterocycles. The van der Waals surface area contributed by atoms with Gasteiger partial charge in [0.15, 0.2) is 0 Å². The van der Waals surface area contributed by atoms with Gasteiger partial charge in [0.1, 0.15) is 12.6 Å². The lowest BCUT2D eigenvalue weighted by molar-refractivity contribution is -0.140. The monoisotopic (exact) mass is 611 g/mol. The molecule has 0 aromatic heterocycles. The number of hydrogen-bond acceptors (Lipinski definition) is 4. The standard InChI is InChI=1S/C36H41N3O4S/c1-26(2)37-36(41)34(23-30-11-7-6-8-12-30)38(24-31-13-9-10-29(5)22-31)35(40)25-39(32-18-14-27(3)15-19-32)44(42,43)33-20-16-28(4)17-21-33/h6-22,26,34H,23-25H2,1-5H3,(H,37,41)/t34-/m1/s1. The quantitative estimate of drug-likeness (QED) is 0.214. The molecule has 4 rings (SSSR count). The van der Waals surface area contributed by atoms with Crippen molar-refractivity contribution in [2.24, 2.45) is 0 Å². The van der Waals surface area contributed by atoms with Gasteiger partial charge in [-0.1, -0.05) is 95.6 Å². The van der Waals surface area contributed by atoms with Crippen LogP contribution in [-0.4, -0.2) is 43.8 Å². The van der Waals surface area contributed by atoms with Crippen molar-refractivity contribution in [2.45, 2.75) is 64.6 Å². The summed E-state index contributed by atoms with van der Waals surface area (Å²) in [6, 6.07) is 29.9. The van der Waals surface area contributed by atoms with Gasteiger partial charge in [0.2, 0.25) is 11.8 Å². The zero-order chi connectivity index (χ0) is 31.9. The molecule has 7 nitrogen and oxygen atoms in total. The van der Waals surface area contributed by atoms with E-state index in [1.54, 1.807) is 36.4 Å². The van der Waals surface area contributed by atoms with Gasteiger partial charge in [-0.2, -0.15) is 0 Å². The molecule has 8 heteroatoms. The molecule has 1 atom stereocenters. The molecule has 1 N–H and O–H groups in total. The van der Waals surface area contributed by atoms with E-state index in [0.717, 1.165) is 32.1 Å². The smallest absolute Gasteiger partial charge is 0.264 e. The maximum atomic E-state index is 14.5. The van der Waals surface area contributed by atoms with Crippen LogP contribution in [0, 0.1) is 20.8 Å². The second-order valence-corrected chi connectivity index (χ2v) is 13.4. The highest BCUT2D eigenvalue weighted by Crippen LogP contribution is 2.26. The van der Waals surface area contributed by atoms with Crippen molar-refractivity contribution in [2.75, 3.05) is 10.8 Å². The number of sulfonamides is 1. The first-order chi connectivity index (χ1) is 20.9. The molecule has 0 bridgehead atoms. The fourth-order valence-corrected chi connectivity index (χ4v) is 6.43. The van der Waals surface area contributed by atoms with Crippen LogP contribution in [0.2, 0.25) is 0 Å². The van der Waals surface area contributed by atoms with E-state index in [9.17, 15) is 18.0 Å². The molecule has 230 valence electrons. The summed E-state index contributed by atoms with van der Waals surface area (Å²) in [5.74, 6) is -0.782. The maximum Gasteiger partial charge on any atom is 0.264 e. The van der Waals surface area contributed by atoms with E-state index in [1.807, 2.05) is 101 Å². The van der Waals surface area contributed by atoms with Gasteiger partial charge in [0, 0.05) is 19.0 Å². The van der Waals surface area contributed by atoms with Gasteiger partial charge in [0.05, 0.1) is 10.6 Å². The van der Waals surface area contributed by atoms with Gasteiger partial charge in [-0.25, -0.2) is 8.42 Å². The summed E-state index contributed by atoms with van der Waals surface area (Å²) in [4.78, 5) is 29.8. The van der Waals surface area contributed by atoms with Crippen LogP contribution in [0.25, 0.3) is 0 Å². The van der Waals surface area contributed by atoms with Crippen molar-refractivity contribution in [1.29, 1.82) is 0 Å². The van der Waals surface area contributed by atoms with E-state index in [-0.39, 0.29) is 29.8 Å².